The number of fused-ring (bicyclic) bond motifs is 1. The minimum atomic E-state index is -0.490. The van der Waals surface area contributed by atoms with Gasteiger partial charge in [-0.3, -0.25) is 9.13 Å². The van der Waals surface area contributed by atoms with Gasteiger partial charge >= 0.3 is 5.69 Å². The highest BCUT2D eigenvalue weighted by Gasteiger charge is 2.16. The van der Waals surface area contributed by atoms with Crippen LogP contribution in [0.4, 0.5) is 0 Å². The van der Waals surface area contributed by atoms with Gasteiger partial charge in [-0.1, -0.05) is 48.5 Å². The first-order valence-corrected chi connectivity index (χ1v) is 8.29. The zero-order chi connectivity index (χ0) is 15.6. The van der Waals surface area contributed by atoms with Gasteiger partial charge in [0.2, 0.25) is 0 Å². The van der Waals surface area contributed by atoms with Crippen molar-refractivity contribution in [3.8, 4) is 0 Å². The summed E-state index contributed by atoms with van der Waals surface area (Å²) >= 11 is 3.52. The van der Waals surface area contributed by atoms with Crippen LogP contribution in [0.25, 0.3) is 11.0 Å². The average molecular weight is 355 g/mol. The lowest BCUT2D eigenvalue weighted by Crippen LogP contribution is -2.19. The molecule has 1 atom stereocenters. The maximum Gasteiger partial charge on any atom is 0.328 e. The number of hydrogen-bond donors (Lipinski definition) is 1. The predicted molar refractivity (Wildman–Crippen MR) is 89.6 cm³/mol. The fourth-order valence-corrected chi connectivity index (χ4v) is 3.31. The van der Waals surface area contributed by atoms with Crippen LogP contribution in [-0.4, -0.2) is 14.2 Å². The van der Waals surface area contributed by atoms with E-state index in [1.54, 1.807) is 23.2 Å². The number of nitrogens with zero attached hydrogens (tertiary/aromatic N) is 2. The Morgan fingerprint density at radius 3 is 2.38 bits per heavy atom. The number of aliphatic hydroxyl groups excluding tert-OH is 1. The summed E-state index contributed by atoms with van der Waals surface area (Å²) in [5.41, 5.74) is 2.54. The first-order valence-electron chi connectivity index (χ1n) is 7.50. The molecule has 0 amide bonds. The molecule has 0 spiro atoms. The molecular formula is C16H23BrN2O2. The van der Waals surface area contributed by atoms with Crippen molar-refractivity contribution in [2.75, 3.05) is 0 Å². The molecule has 1 aromatic heterocycles. The minimum absolute atomic E-state index is 0.0496. The third kappa shape index (κ3) is 3.24. The molecule has 1 N–H and O–H groups in total. The van der Waals surface area contributed by atoms with E-state index in [4.69, 9.17) is 0 Å². The lowest BCUT2D eigenvalue weighted by atomic mass is 10.0. The summed E-state index contributed by atoms with van der Waals surface area (Å²) < 4.78 is 4.10. The molecule has 0 fully saturated rings. The van der Waals surface area contributed by atoms with Crippen LogP contribution in [-0.2, 0) is 14.1 Å². The summed E-state index contributed by atoms with van der Waals surface area (Å²) in [6.07, 6.45) is 4.84. The second kappa shape index (κ2) is 6.79. The van der Waals surface area contributed by atoms with Crippen molar-refractivity contribution in [2.45, 2.75) is 45.1 Å². The number of aromatic nitrogens is 2. The maximum atomic E-state index is 12.0. The van der Waals surface area contributed by atoms with Gasteiger partial charge in [-0.25, -0.2) is 4.79 Å². The molecule has 0 aliphatic carbocycles. The summed E-state index contributed by atoms with van der Waals surface area (Å²) in [6, 6.07) is 3.84. The molecule has 4 nitrogen and oxygen atoms in total. The van der Waals surface area contributed by atoms with E-state index >= 15 is 0 Å². The molecular weight excluding hydrogens is 332 g/mol. The highest BCUT2D eigenvalue weighted by atomic mass is 79.9. The van der Waals surface area contributed by atoms with Crippen molar-refractivity contribution in [1.82, 2.24) is 9.13 Å². The lowest BCUT2D eigenvalue weighted by Gasteiger charge is -2.13. The molecule has 1 heterocycles. The van der Waals surface area contributed by atoms with Crippen LogP contribution in [0.5, 0.6) is 0 Å². The fraction of sp³-hybridized carbons (Fsp3) is 0.562. The second-order valence-corrected chi connectivity index (χ2v) is 6.48. The molecule has 0 bridgehead atoms. The molecule has 21 heavy (non-hydrogen) atoms. The Hall–Kier alpha value is -1.07. The highest BCUT2D eigenvalue weighted by Crippen LogP contribution is 2.30. The summed E-state index contributed by atoms with van der Waals surface area (Å²) in [4.78, 5) is 12.0. The van der Waals surface area contributed by atoms with Crippen LogP contribution in [0.1, 0.15) is 50.7 Å². The highest BCUT2D eigenvalue weighted by molar-refractivity contribution is 9.10. The maximum absolute atomic E-state index is 12.0. The van der Waals surface area contributed by atoms with Crippen LogP contribution >= 0.6 is 15.9 Å². The second-order valence-electron chi connectivity index (χ2n) is 5.63. The van der Waals surface area contributed by atoms with E-state index in [1.807, 2.05) is 12.1 Å². The van der Waals surface area contributed by atoms with Crippen molar-refractivity contribution in [3.63, 3.8) is 0 Å². The standard InChI is InChI=1S/C16H23BrN2O2/c1-4-5-6-7-8-15(20)11-9-13-14(10-12(11)17)19(3)16(21)18(13)2/h9-10,15,20H,4-8H2,1-3H3. The topological polar surface area (TPSA) is 47.2 Å². The Balaban J connectivity index is 2.30. The molecule has 5 heteroatoms. The number of rotatable bonds is 6. The molecule has 1 unspecified atom stereocenters. The Labute approximate surface area is 133 Å². The molecule has 0 saturated heterocycles. The van der Waals surface area contributed by atoms with E-state index in [0.717, 1.165) is 40.3 Å². The number of benzene rings is 1. The molecule has 0 aliphatic rings. The first-order chi connectivity index (χ1) is 9.97. The summed E-state index contributed by atoms with van der Waals surface area (Å²) in [7, 11) is 3.52. The van der Waals surface area contributed by atoms with E-state index in [9.17, 15) is 9.90 Å². The van der Waals surface area contributed by atoms with Crippen LogP contribution < -0.4 is 5.69 Å². The Morgan fingerprint density at radius 1 is 1.14 bits per heavy atom. The monoisotopic (exact) mass is 354 g/mol. The van der Waals surface area contributed by atoms with Gasteiger partial charge in [0, 0.05) is 18.6 Å². The third-order valence-corrected chi connectivity index (χ3v) is 4.77. The zero-order valence-corrected chi connectivity index (χ0v) is 14.5. The minimum Gasteiger partial charge on any atom is -0.388 e. The van der Waals surface area contributed by atoms with E-state index in [1.165, 1.54) is 12.8 Å². The number of halogens is 1. The lowest BCUT2D eigenvalue weighted by molar-refractivity contribution is 0.163. The SMILES string of the molecule is CCCCCCC(O)c1cc2c(cc1Br)n(C)c(=O)n2C. The van der Waals surface area contributed by atoms with Gasteiger partial charge in [0.05, 0.1) is 17.1 Å². The largest absolute Gasteiger partial charge is 0.388 e. The van der Waals surface area contributed by atoms with E-state index < -0.39 is 6.10 Å². The normalized spacial score (nSPS) is 13.0. The number of hydrogen-bond acceptors (Lipinski definition) is 2. The number of unbranched alkanes of at least 4 members (excludes halogenated alkanes) is 3. The number of aliphatic hydroxyl groups is 1. The van der Waals surface area contributed by atoms with Crippen molar-refractivity contribution in [2.24, 2.45) is 14.1 Å². The van der Waals surface area contributed by atoms with Gasteiger partial charge < -0.3 is 5.11 Å². The van der Waals surface area contributed by atoms with E-state index in [0.29, 0.717) is 0 Å². The Kier molecular flexibility index (Phi) is 5.27. The Bertz CT molecular complexity index is 688. The number of imidazole rings is 1. The van der Waals surface area contributed by atoms with Gasteiger partial charge in [0.15, 0.2) is 0 Å². The van der Waals surface area contributed by atoms with Crippen LogP contribution in [0, 0.1) is 0 Å². The third-order valence-electron chi connectivity index (χ3n) is 4.08. The number of aryl methyl sites for hydroxylation is 2. The Morgan fingerprint density at radius 2 is 1.76 bits per heavy atom. The van der Waals surface area contributed by atoms with Gasteiger partial charge in [-0.15, -0.1) is 0 Å². The predicted octanol–water partition coefficient (Wildman–Crippen LogP) is 3.64. The van der Waals surface area contributed by atoms with E-state index in [-0.39, 0.29) is 5.69 Å². The van der Waals surface area contributed by atoms with Gasteiger partial charge in [0.25, 0.3) is 0 Å². The molecule has 2 rings (SSSR count). The molecule has 0 saturated carbocycles. The van der Waals surface area contributed by atoms with Gasteiger partial charge in [-0.05, 0) is 24.1 Å². The average Bonchev–Trinajstić information content (AvgIpc) is 2.67. The quantitative estimate of drug-likeness (QED) is 0.805. The van der Waals surface area contributed by atoms with Crippen LogP contribution in [0.2, 0.25) is 0 Å². The van der Waals surface area contributed by atoms with Crippen molar-refractivity contribution >= 4 is 27.0 Å². The fourth-order valence-electron chi connectivity index (χ4n) is 2.71. The van der Waals surface area contributed by atoms with Crippen molar-refractivity contribution in [1.29, 1.82) is 0 Å². The molecule has 0 aliphatic heterocycles. The summed E-state index contributed by atoms with van der Waals surface area (Å²) in [6.45, 7) is 2.18. The van der Waals surface area contributed by atoms with Crippen molar-refractivity contribution < 1.29 is 5.11 Å². The summed E-state index contributed by atoms with van der Waals surface area (Å²) in [5.74, 6) is 0. The molecule has 116 valence electrons. The van der Waals surface area contributed by atoms with E-state index in [2.05, 4.69) is 22.9 Å². The van der Waals surface area contributed by atoms with Crippen LogP contribution in [0.15, 0.2) is 21.4 Å². The van der Waals surface area contributed by atoms with Crippen LogP contribution in [0.3, 0.4) is 0 Å². The van der Waals surface area contributed by atoms with Gasteiger partial charge in [0.1, 0.15) is 0 Å². The molecule has 0 radical (unpaired) electrons. The van der Waals surface area contributed by atoms with Crippen molar-refractivity contribution in [3.05, 3.63) is 32.7 Å². The zero-order valence-electron chi connectivity index (χ0n) is 12.9. The smallest absolute Gasteiger partial charge is 0.328 e. The van der Waals surface area contributed by atoms with Gasteiger partial charge in [-0.2, -0.15) is 0 Å². The molecule has 1 aromatic carbocycles. The summed E-state index contributed by atoms with van der Waals surface area (Å²) in [5, 5.41) is 10.4. The molecule has 2 aromatic rings. The first kappa shape index (κ1) is 16.3.